The lowest BCUT2D eigenvalue weighted by molar-refractivity contribution is -0.385. The molecule has 2 aromatic carbocycles. The van der Waals surface area contributed by atoms with Gasteiger partial charge < -0.3 is 0 Å². The van der Waals surface area contributed by atoms with E-state index in [1.807, 2.05) is 24.3 Å². The Morgan fingerprint density at radius 1 is 1.10 bits per heavy atom. The molecule has 3 nitrogen and oxygen atoms in total. The molecule has 1 aliphatic rings. The van der Waals surface area contributed by atoms with Gasteiger partial charge in [0.05, 0.1) is 4.92 Å². The number of rotatable bonds is 5. The zero-order chi connectivity index (χ0) is 14.9. The number of nitrogens with zero attached hydrogens (tertiary/aromatic N) is 1. The van der Waals surface area contributed by atoms with Crippen LogP contribution in [0.4, 0.5) is 5.69 Å². The van der Waals surface area contributed by atoms with Crippen LogP contribution in [-0.4, -0.2) is 10.3 Å². The predicted molar refractivity (Wildman–Crippen MR) is 83.8 cm³/mol. The first kappa shape index (κ1) is 14.1. The summed E-state index contributed by atoms with van der Waals surface area (Å²) in [5.74, 6) is 0. The van der Waals surface area contributed by atoms with Crippen LogP contribution in [0.1, 0.15) is 24.0 Å². The van der Waals surface area contributed by atoms with Crippen LogP contribution in [0.15, 0.2) is 54.6 Å². The molecule has 1 saturated carbocycles. The number of nitro benzene ring substituents is 1. The van der Waals surface area contributed by atoms with Crippen LogP contribution in [0.3, 0.4) is 0 Å². The van der Waals surface area contributed by atoms with E-state index in [4.69, 9.17) is 11.6 Å². The van der Waals surface area contributed by atoms with Crippen molar-refractivity contribution in [1.29, 1.82) is 0 Å². The minimum absolute atomic E-state index is 0.0213. The van der Waals surface area contributed by atoms with Crippen molar-refractivity contribution in [2.24, 2.45) is 0 Å². The number of hydrogen-bond donors (Lipinski definition) is 0. The second-order valence-electron chi connectivity index (χ2n) is 5.58. The van der Waals surface area contributed by atoms with Gasteiger partial charge in [-0.2, -0.15) is 0 Å². The molecule has 0 amide bonds. The van der Waals surface area contributed by atoms with Crippen molar-refractivity contribution in [2.45, 2.75) is 30.1 Å². The molecule has 0 aliphatic heterocycles. The number of hydrogen-bond acceptors (Lipinski definition) is 2. The Labute approximate surface area is 128 Å². The standard InChI is InChI=1S/C17H16ClNO2/c18-16(12-13-6-4-5-9-15(13)19(20)21)17(10-11-17)14-7-2-1-3-8-14/h1-9,16H,10-12H2. The molecule has 108 valence electrons. The lowest BCUT2D eigenvalue weighted by Crippen LogP contribution is -2.23. The van der Waals surface area contributed by atoms with Crippen LogP contribution in [0.5, 0.6) is 0 Å². The average molecular weight is 302 g/mol. The summed E-state index contributed by atoms with van der Waals surface area (Å²) in [6.07, 6.45) is 2.62. The summed E-state index contributed by atoms with van der Waals surface area (Å²) in [4.78, 5) is 10.8. The van der Waals surface area contributed by atoms with Crippen molar-refractivity contribution in [3.8, 4) is 0 Å². The van der Waals surface area contributed by atoms with Gasteiger partial charge in [-0.25, -0.2) is 0 Å². The van der Waals surface area contributed by atoms with Gasteiger partial charge in [0.25, 0.3) is 5.69 Å². The summed E-state index contributed by atoms with van der Waals surface area (Å²) in [6.45, 7) is 0. The number of alkyl halides is 1. The Kier molecular flexibility index (Phi) is 3.68. The molecule has 0 heterocycles. The highest BCUT2D eigenvalue weighted by Crippen LogP contribution is 2.53. The van der Waals surface area contributed by atoms with E-state index in [9.17, 15) is 10.1 Å². The van der Waals surface area contributed by atoms with Crippen LogP contribution < -0.4 is 0 Å². The summed E-state index contributed by atoms with van der Waals surface area (Å²) < 4.78 is 0. The Balaban J connectivity index is 1.85. The van der Waals surface area contributed by atoms with Crippen LogP contribution in [0.2, 0.25) is 0 Å². The fourth-order valence-electron chi connectivity index (χ4n) is 2.94. The van der Waals surface area contributed by atoms with E-state index in [-0.39, 0.29) is 21.4 Å². The third kappa shape index (κ3) is 2.66. The molecule has 1 atom stereocenters. The van der Waals surface area contributed by atoms with E-state index in [2.05, 4.69) is 12.1 Å². The van der Waals surface area contributed by atoms with Gasteiger partial charge in [0.2, 0.25) is 0 Å². The van der Waals surface area contributed by atoms with E-state index in [1.54, 1.807) is 18.2 Å². The summed E-state index contributed by atoms with van der Waals surface area (Å²) in [6, 6.07) is 17.1. The summed E-state index contributed by atoms with van der Waals surface area (Å²) in [5, 5.41) is 11.0. The van der Waals surface area contributed by atoms with Gasteiger partial charge in [-0.1, -0.05) is 48.5 Å². The highest BCUT2D eigenvalue weighted by molar-refractivity contribution is 6.22. The van der Waals surface area contributed by atoms with Crippen molar-refractivity contribution in [2.75, 3.05) is 0 Å². The van der Waals surface area contributed by atoms with Crippen LogP contribution in [0.25, 0.3) is 0 Å². The molecule has 1 fully saturated rings. The smallest absolute Gasteiger partial charge is 0.258 e. The van der Waals surface area contributed by atoms with Crippen molar-refractivity contribution in [1.82, 2.24) is 0 Å². The predicted octanol–water partition coefficient (Wildman–Crippen LogP) is 4.48. The van der Waals surface area contributed by atoms with Gasteiger partial charge >= 0.3 is 0 Å². The lowest BCUT2D eigenvalue weighted by atomic mass is 9.88. The third-order valence-corrected chi connectivity index (χ3v) is 4.90. The Morgan fingerprint density at radius 3 is 2.33 bits per heavy atom. The molecule has 1 unspecified atom stereocenters. The minimum Gasteiger partial charge on any atom is -0.258 e. The fourth-order valence-corrected chi connectivity index (χ4v) is 3.45. The van der Waals surface area contributed by atoms with Crippen molar-refractivity contribution in [3.05, 3.63) is 75.8 Å². The first-order valence-electron chi connectivity index (χ1n) is 7.05. The maximum absolute atomic E-state index is 11.1. The Hall–Kier alpha value is -1.87. The third-order valence-electron chi connectivity index (χ3n) is 4.32. The van der Waals surface area contributed by atoms with E-state index in [0.717, 1.165) is 12.8 Å². The van der Waals surface area contributed by atoms with Crippen molar-refractivity contribution >= 4 is 17.3 Å². The molecule has 21 heavy (non-hydrogen) atoms. The fraction of sp³-hybridized carbons (Fsp3) is 0.294. The van der Waals surface area contributed by atoms with Gasteiger partial charge in [0.1, 0.15) is 0 Å². The molecule has 0 saturated heterocycles. The van der Waals surface area contributed by atoms with Crippen LogP contribution >= 0.6 is 11.6 Å². The molecular weight excluding hydrogens is 286 g/mol. The van der Waals surface area contributed by atoms with Crippen molar-refractivity contribution in [3.63, 3.8) is 0 Å². The summed E-state index contributed by atoms with van der Waals surface area (Å²) in [5.41, 5.74) is 2.09. The number of halogens is 1. The maximum atomic E-state index is 11.1. The molecule has 0 spiro atoms. The van der Waals surface area contributed by atoms with Crippen LogP contribution in [0, 0.1) is 10.1 Å². The van der Waals surface area contributed by atoms with Gasteiger partial charge in [-0.15, -0.1) is 11.6 Å². The number of para-hydroxylation sites is 1. The molecule has 0 radical (unpaired) electrons. The molecular formula is C17H16ClNO2. The molecule has 0 aromatic heterocycles. The molecule has 4 heteroatoms. The average Bonchev–Trinajstić information content (AvgIpc) is 3.30. The van der Waals surface area contributed by atoms with E-state index >= 15 is 0 Å². The Morgan fingerprint density at radius 2 is 1.71 bits per heavy atom. The molecule has 0 bridgehead atoms. The van der Waals surface area contributed by atoms with E-state index in [0.29, 0.717) is 12.0 Å². The molecule has 2 aromatic rings. The van der Waals surface area contributed by atoms with Gasteiger partial charge in [-0.3, -0.25) is 10.1 Å². The highest BCUT2D eigenvalue weighted by Gasteiger charge is 2.50. The van der Waals surface area contributed by atoms with Gasteiger partial charge in [-0.05, 0) is 24.8 Å². The topological polar surface area (TPSA) is 43.1 Å². The number of benzene rings is 2. The minimum atomic E-state index is -0.332. The first-order valence-corrected chi connectivity index (χ1v) is 7.49. The molecule has 0 N–H and O–H groups in total. The molecule has 1 aliphatic carbocycles. The normalized spacial score (nSPS) is 17.2. The monoisotopic (exact) mass is 301 g/mol. The van der Waals surface area contributed by atoms with E-state index in [1.165, 1.54) is 5.56 Å². The number of nitro groups is 1. The summed E-state index contributed by atoms with van der Waals surface area (Å²) in [7, 11) is 0. The Bertz CT molecular complexity index is 653. The largest absolute Gasteiger partial charge is 0.272 e. The van der Waals surface area contributed by atoms with E-state index < -0.39 is 0 Å². The van der Waals surface area contributed by atoms with Crippen molar-refractivity contribution < 1.29 is 4.92 Å². The quantitative estimate of drug-likeness (QED) is 0.464. The zero-order valence-electron chi connectivity index (χ0n) is 11.5. The second kappa shape index (κ2) is 5.49. The zero-order valence-corrected chi connectivity index (χ0v) is 12.3. The SMILES string of the molecule is O=[N+]([O-])c1ccccc1CC(Cl)C1(c2ccccc2)CC1. The lowest BCUT2D eigenvalue weighted by Gasteiger charge is -2.22. The van der Waals surface area contributed by atoms with Gasteiger partial charge in [0.15, 0.2) is 0 Å². The van der Waals surface area contributed by atoms with Gasteiger partial charge in [0, 0.05) is 22.4 Å². The first-order chi connectivity index (χ1) is 10.1. The highest BCUT2D eigenvalue weighted by atomic mass is 35.5. The van der Waals surface area contributed by atoms with Crippen LogP contribution in [-0.2, 0) is 11.8 Å². The summed E-state index contributed by atoms with van der Waals surface area (Å²) >= 11 is 6.66. The second-order valence-corrected chi connectivity index (χ2v) is 6.11. The maximum Gasteiger partial charge on any atom is 0.272 e. The molecule has 3 rings (SSSR count).